The van der Waals surface area contributed by atoms with Gasteiger partial charge in [-0.2, -0.15) is 0 Å². The van der Waals surface area contributed by atoms with E-state index in [1.165, 1.54) is 11.3 Å². The summed E-state index contributed by atoms with van der Waals surface area (Å²) in [6.07, 6.45) is 2.71. The first-order chi connectivity index (χ1) is 8.08. The molecule has 1 aliphatic rings. The minimum Gasteiger partial charge on any atom is -0.480 e. The fraction of sp³-hybridized carbons (Fsp3) is 0.500. The molecule has 1 amide bonds. The highest BCUT2D eigenvalue weighted by molar-refractivity contribution is 7.12. The van der Waals surface area contributed by atoms with Crippen LogP contribution in [0.4, 0.5) is 0 Å². The largest absolute Gasteiger partial charge is 0.480 e. The molecule has 1 fully saturated rings. The summed E-state index contributed by atoms with van der Waals surface area (Å²) in [6.45, 7) is 1.85. The molecule has 17 heavy (non-hydrogen) atoms. The lowest BCUT2D eigenvalue weighted by Gasteiger charge is -2.13. The summed E-state index contributed by atoms with van der Waals surface area (Å²) < 4.78 is 0. The van der Waals surface area contributed by atoms with Crippen molar-refractivity contribution in [2.24, 2.45) is 5.92 Å². The van der Waals surface area contributed by atoms with Gasteiger partial charge >= 0.3 is 5.97 Å². The Hall–Kier alpha value is -1.36. The Morgan fingerprint density at radius 2 is 2.29 bits per heavy atom. The van der Waals surface area contributed by atoms with Crippen molar-refractivity contribution >= 4 is 23.2 Å². The Bertz CT molecular complexity index is 437. The second-order valence-corrected chi connectivity index (χ2v) is 5.39. The lowest BCUT2D eigenvalue weighted by Crippen LogP contribution is -2.41. The first-order valence-corrected chi connectivity index (χ1v) is 6.53. The molecule has 0 aromatic carbocycles. The number of nitrogens with one attached hydrogen (secondary N) is 1. The van der Waals surface area contributed by atoms with Crippen LogP contribution in [0.3, 0.4) is 0 Å². The van der Waals surface area contributed by atoms with E-state index in [2.05, 4.69) is 5.32 Å². The molecule has 1 heterocycles. The molecule has 1 aliphatic carbocycles. The van der Waals surface area contributed by atoms with Crippen molar-refractivity contribution in [1.82, 2.24) is 5.32 Å². The Balaban J connectivity index is 1.99. The Morgan fingerprint density at radius 3 is 2.76 bits per heavy atom. The Kier molecular flexibility index (Phi) is 3.47. The first kappa shape index (κ1) is 12.1. The predicted octanol–water partition coefficient (Wildman–Crippen LogP) is 2.04. The summed E-state index contributed by atoms with van der Waals surface area (Å²) in [4.78, 5) is 23.5. The van der Waals surface area contributed by atoms with Crippen LogP contribution < -0.4 is 5.32 Å². The van der Waals surface area contributed by atoms with Gasteiger partial charge in [0, 0.05) is 0 Å². The smallest absolute Gasteiger partial charge is 0.326 e. The van der Waals surface area contributed by atoms with Gasteiger partial charge in [0.15, 0.2) is 0 Å². The monoisotopic (exact) mass is 253 g/mol. The van der Waals surface area contributed by atoms with Gasteiger partial charge in [-0.25, -0.2) is 4.79 Å². The third-order valence-electron chi connectivity index (χ3n) is 2.94. The average molecular weight is 253 g/mol. The number of hydrogen-bond acceptors (Lipinski definition) is 3. The molecule has 0 saturated heterocycles. The van der Waals surface area contributed by atoms with Crippen LogP contribution in [0, 0.1) is 12.8 Å². The molecule has 1 saturated carbocycles. The minimum atomic E-state index is -0.945. The standard InChI is InChI=1S/C12H15NO3S/c1-7-4-5-17-10(7)11(14)13-9(12(15)16)6-8-2-3-8/h4-5,8-9H,2-3,6H2,1H3,(H,13,14)(H,15,16). The molecule has 2 rings (SSSR count). The highest BCUT2D eigenvalue weighted by Crippen LogP contribution is 2.33. The summed E-state index contributed by atoms with van der Waals surface area (Å²) >= 11 is 1.34. The van der Waals surface area contributed by atoms with Crippen LogP contribution in [0.2, 0.25) is 0 Å². The van der Waals surface area contributed by atoms with Gasteiger partial charge in [0.2, 0.25) is 0 Å². The van der Waals surface area contributed by atoms with Crippen LogP contribution in [0.25, 0.3) is 0 Å². The van der Waals surface area contributed by atoms with Crippen molar-refractivity contribution in [2.45, 2.75) is 32.2 Å². The second-order valence-electron chi connectivity index (χ2n) is 4.48. The molecule has 1 unspecified atom stereocenters. The minimum absolute atomic E-state index is 0.273. The molecule has 4 nitrogen and oxygen atoms in total. The number of aryl methyl sites for hydroxylation is 1. The van der Waals surface area contributed by atoms with Crippen LogP contribution >= 0.6 is 11.3 Å². The number of carboxylic acids is 1. The van der Waals surface area contributed by atoms with E-state index in [0.717, 1.165) is 18.4 Å². The van der Waals surface area contributed by atoms with Gasteiger partial charge in [0.1, 0.15) is 6.04 Å². The summed E-state index contributed by atoms with van der Waals surface area (Å²) in [7, 11) is 0. The van der Waals surface area contributed by atoms with Gasteiger partial charge in [-0.3, -0.25) is 4.79 Å². The number of rotatable bonds is 5. The lowest BCUT2D eigenvalue weighted by molar-refractivity contribution is -0.139. The van der Waals surface area contributed by atoms with Gasteiger partial charge in [-0.05, 0) is 36.3 Å². The number of carbonyl (C=O) groups excluding carboxylic acids is 1. The van der Waals surface area contributed by atoms with Gasteiger partial charge in [-0.1, -0.05) is 12.8 Å². The lowest BCUT2D eigenvalue weighted by atomic mass is 10.1. The van der Waals surface area contributed by atoms with E-state index in [-0.39, 0.29) is 5.91 Å². The third-order valence-corrected chi connectivity index (χ3v) is 3.95. The predicted molar refractivity (Wildman–Crippen MR) is 65.3 cm³/mol. The molecular weight excluding hydrogens is 238 g/mol. The maximum atomic E-state index is 11.9. The molecule has 1 aromatic rings. The Morgan fingerprint density at radius 1 is 1.59 bits per heavy atom. The summed E-state index contributed by atoms with van der Waals surface area (Å²) in [6, 6.07) is 1.10. The number of hydrogen-bond donors (Lipinski definition) is 2. The van der Waals surface area contributed by atoms with Crippen LogP contribution in [0.15, 0.2) is 11.4 Å². The number of thiophene rings is 1. The first-order valence-electron chi connectivity index (χ1n) is 5.65. The maximum absolute atomic E-state index is 11.9. The van der Waals surface area contributed by atoms with Gasteiger partial charge in [0.25, 0.3) is 5.91 Å². The van der Waals surface area contributed by atoms with Crippen LogP contribution in [0.5, 0.6) is 0 Å². The number of aliphatic carboxylic acids is 1. The fourth-order valence-electron chi connectivity index (χ4n) is 1.74. The third kappa shape index (κ3) is 3.06. The SMILES string of the molecule is Cc1ccsc1C(=O)NC(CC1CC1)C(=O)O. The van der Waals surface area contributed by atoms with Crippen molar-refractivity contribution < 1.29 is 14.7 Å². The maximum Gasteiger partial charge on any atom is 0.326 e. The fourth-order valence-corrected chi connectivity index (χ4v) is 2.57. The van der Waals surface area contributed by atoms with Crippen molar-refractivity contribution in [3.8, 4) is 0 Å². The van der Waals surface area contributed by atoms with Crippen molar-refractivity contribution in [2.75, 3.05) is 0 Å². The zero-order valence-electron chi connectivity index (χ0n) is 9.60. The van der Waals surface area contributed by atoms with Crippen LogP contribution in [0.1, 0.15) is 34.5 Å². The zero-order valence-corrected chi connectivity index (χ0v) is 10.4. The van der Waals surface area contributed by atoms with Gasteiger partial charge < -0.3 is 10.4 Å². The molecule has 1 aromatic heterocycles. The molecule has 0 radical (unpaired) electrons. The molecule has 1 atom stereocenters. The number of carbonyl (C=O) groups is 2. The molecular formula is C12H15NO3S. The molecule has 0 aliphatic heterocycles. The van der Waals surface area contributed by atoms with E-state index in [4.69, 9.17) is 5.11 Å². The van der Waals surface area contributed by atoms with Crippen molar-refractivity contribution in [1.29, 1.82) is 0 Å². The molecule has 0 spiro atoms. The number of amides is 1. The summed E-state index contributed by atoms with van der Waals surface area (Å²) in [5, 5.41) is 13.5. The van der Waals surface area contributed by atoms with E-state index in [0.29, 0.717) is 17.2 Å². The Labute approximate surface area is 104 Å². The summed E-state index contributed by atoms with van der Waals surface area (Å²) in [5.74, 6) is -0.745. The van der Waals surface area contributed by atoms with Crippen LogP contribution in [-0.2, 0) is 4.79 Å². The van der Waals surface area contributed by atoms with Crippen molar-refractivity contribution in [3.05, 3.63) is 21.9 Å². The van der Waals surface area contributed by atoms with E-state index < -0.39 is 12.0 Å². The quantitative estimate of drug-likeness (QED) is 0.844. The molecule has 92 valence electrons. The van der Waals surface area contributed by atoms with Gasteiger partial charge in [0.05, 0.1) is 4.88 Å². The van der Waals surface area contributed by atoms with E-state index in [9.17, 15) is 9.59 Å². The second kappa shape index (κ2) is 4.87. The average Bonchev–Trinajstić information content (AvgIpc) is 2.97. The highest BCUT2D eigenvalue weighted by Gasteiger charge is 2.30. The van der Waals surface area contributed by atoms with E-state index >= 15 is 0 Å². The van der Waals surface area contributed by atoms with Crippen LogP contribution in [-0.4, -0.2) is 23.0 Å². The van der Waals surface area contributed by atoms with E-state index in [1.807, 2.05) is 18.4 Å². The molecule has 0 bridgehead atoms. The number of carboxylic acid groups (broad SMARTS) is 1. The zero-order chi connectivity index (χ0) is 12.4. The van der Waals surface area contributed by atoms with E-state index in [1.54, 1.807) is 0 Å². The summed E-state index contributed by atoms with van der Waals surface area (Å²) in [5.41, 5.74) is 0.892. The normalized spacial score (nSPS) is 16.5. The topological polar surface area (TPSA) is 66.4 Å². The van der Waals surface area contributed by atoms with Crippen molar-refractivity contribution in [3.63, 3.8) is 0 Å². The molecule has 2 N–H and O–H groups in total. The van der Waals surface area contributed by atoms with Gasteiger partial charge in [-0.15, -0.1) is 11.3 Å². The molecule has 5 heteroatoms. The highest BCUT2D eigenvalue weighted by atomic mass is 32.1.